The van der Waals surface area contributed by atoms with Crippen molar-refractivity contribution in [1.82, 2.24) is 5.32 Å². The fraction of sp³-hybridized carbons (Fsp3) is 0.571. The number of hydrogen-bond donors (Lipinski definition) is 2. The molecule has 118 valence electrons. The Hall–Kier alpha value is -0.370. The molecule has 0 saturated carbocycles. The molecular formula is C14H18F3NOS2. The monoisotopic (exact) mass is 337 g/mol. The number of hydrogen-bond acceptors (Lipinski definition) is 4. The number of aliphatic hydroxyl groups is 1. The van der Waals surface area contributed by atoms with Crippen LogP contribution in [0.3, 0.4) is 0 Å². The molecule has 2 unspecified atom stereocenters. The molecule has 0 spiro atoms. The van der Waals surface area contributed by atoms with Gasteiger partial charge in [0, 0.05) is 35.6 Å². The standard InChI is InChI=1S/C14H18F3NOS2/c15-14(16,17)11-3-1-2-10(6-11)13(19)8-18-7-12-9-20-4-5-21-12/h1-3,6,12-13,18-19H,4-5,7-9H2. The van der Waals surface area contributed by atoms with E-state index in [2.05, 4.69) is 5.32 Å². The third-order valence-electron chi connectivity index (χ3n) is 3.19. The molecule has 1 aliphatic rings. The van der Waals surface area contributed by atoms with Crippen LogP contribution in [0.15, 0.2) is 24.3 Å². The van der Waals surface area contributed by atoms with Crippen LogP contribution in [0.5, 0.6) is 0 Å². The number of aliphatic hydroxyl groups excluding tert-OH is 1. The molecule has 0 aromatic heterocycles. The molecular weight excluding hydrogens is 319 g/mol. The summed E-state index contributed by atoms with van der Waals surface area (Å²) in [4.78, 5) is 0. The first-order chi connectivity index (χ1) is 9.97. The molecule has 1 aliphatic heterocycles. The van der Waals surface area contributed by atoms with Crippen molar-refractivity contribution in [1.29, 1.82) is 0 Å². The van der Waals surface area contributed by atoms with E-state index < -0.39 is 17.8 Å². The fourth-order valence-corrected chi connectivity index (χ4v) is 4.72. The third kappa shape index (κ3) is 5.39. The second-order valence-electron chi connectivity index (χ2n) is 4.86. The van der Waals surface area contributed by atoms with E-state index in [1.165, 1.54) is 17.9 Å². The summed E-state index contributed by atoms with van der Waals surface area (Å²) in [6.45, 7) is 1.04. The molecule has 2 nitrogen and oxygen atoms in total. The third-order valence-corrected chi connectivity index (χ3v) is 6.04. The largest absolute Gasteiger partial charge is 0.416 e. The van der Waals surface area contributed by atoms with E-state index >= 15 is 0 Å². The molecule has 0 bridgehead atoms. The maximum atomic E-state index is 12.6. The average molecular weight is 337 g/mol. The second kappa shape index (κ2) is 7.76. The van der Waals surface area contributed by atoms with Crippen molar-refractivity contribution in [3.05, 3.63) is 35.4 Å². The van der Waals surface area contributed by atoms with Crippen LogP contribution in [0.4, 0.5) is 13.2 Å². The lowest BCUT2D eigenvalue weighted by Gasteiger charge is -2.22. The van der Waals surface area contributed by atoms with Gasteiger partial charge in [0.1, 0.15) is 0 Å². The van der Waals surface area contributed by atoms with Crippen molar-refractivity contribution in [3.8, 4) is 0 Å². The Labute approximate surface area is 130 Å². The van der Waals surface area contributed by atoms with Gasteiger partial charge in [-0.1, -0.05) is 12.1 Å². The smallest absolute Gasteiger partial charge is 0.387 e. The quantitative estimate of drug-likeness (QED) is 0.864. The zero-order chi connectivity index (χ0) is 15.3. The van der Waals surface area contributed by atoms with Crippen molar-refractivity contribution in [2.24, 2.45) is 0 Å². The van der Waals surface area contributed by atoms with Crippen LogP contribution in [0.25, 0.3) is 0 Å². The topological polar surface area (TPSA) is 32.3 Å². The first kappa shape index (κ1) is 17.0. The van der Waals surface area contributed by atoms with Gasteiger partial charge in [0.15, 0.2) is 0 Å². The molecule has 0 amide bonds. The van der Waals surface area contributed by atoms with Crippen LogP contribution in [0.2, 0.25) is 0 Å². The van der Waals surface area contributed by atoms with E-state index in [0.29, 0.717) is 10.8 Å². The highest BCUT2D eigenvalue weighted by molar-refractivity contribution is 8.06. The van der Waals surface area contributed by atoms with E-state index in [0.717, 1.165) is 30.2 Å². The van der Waals surface area contributed by atoms with Crippen LogP contribution in [-0.4, -0.2) is 40.7 Å². The zero-order valence-electron chi connectivity index (χ0n) is 11.4. The molecule has 21 heavy (non-hydrogen) atoms. The van der Waals surface area contributed by atoms with Gasteiger partial charge in [-0.3, -0.25) is 0 Å². The van der Waals surface area contributed by atoms with E-state index in [1.807, 2.05) is 23.5 Å². The summed E-state index contributed by atoms with van der Waals surface area (Å²) in [5, 5.41) is 13.7. The number of benzene rings is 1. The predicted molar refractivity (Wildman–Crippen MR) is 82.8 cm³/mol. The highest BCUT2D eigenvalue weighted by Gasteiger charge is 2.30. The van der Waals surface area contributed by atoms with Gasteiger partial charge in [0.2, 0.25) is 0 Å². The SMILES string of the molecule is OC(CNCC1CSCCS1)c1cccc(C(F)(F)F)c1. The van der Waals surface area contributed by atoms with Gasteiger partial charge in [-0.25, -0.2) is 0 Å². The van der Waals surface area contributed by atoms with Crippen molar-refractivity contribution < 1.29 is 18.3 Å². The maximum absolute atomic E-state index is 12.6. The van der Waals surface area contributed by atoms with Crippen molar-refractivity contribution in [3.63, 3.8) is 0 Å². The molecule has 2 atom stereocenters. The molecule has 0 aliphatic carbocycles. The predicted octanol–water partition coefficient (Wildman–Crippen LogP) is 3.18. The summed E-state index contributed by atoms with van der Waals surface area (Å²) < 4.78 is 37.9. The Morgan fingerprint density at radius 3 is 2.81 bits per heavy atom. The molecule has 2 rings (SSSR count). The zero-order valence-corrected chi connectivity index (χ0v) is 13.0. The van der Waals surface area contributed by atoms with E-state index in [9.17, 15) is 18.3 Å². The number of thioether (sulfide) groups is 2. The van der Waals surface area contributed by atoms with Crippen molar-refractivity contribution in [2.75, 3.05) is 30.3 Å². The number of halogens is 3. The molecule has 1 fully saturated rings. The Morgan fingerprint density at radius 1 is 1.33 bits per heavy atom. The molecule has 7 heteroatoms. The van der Waals surface area contributed by atoms with Gasteiger partial charge in [-0.15, -0.1) is 0 Å². The lowest BCUT2D eigenvalue weighted by atomic mass is 10.1. The van der Waals surface area contributed by atoms with Crippen LogP contribution in [0, 0.1) is 0 Å². The van der Waals surface area contributed by atoms with Gasteiger partial charge < -0.3 is 10.4 Å². The highest BCUT2D eigenvalue weighted by Crippen LogP contribution is 2.30. The summed E-state index contributed by atoms with van der Waals surface area (Å²) in [6, 6.07) is 4.87. The van der Waals surface area contributed by atoms with E-state index in [4.69, 9.17) is 0 Å². The number of rotatable bonds is 5. The summed E-state index contributed by atoms with van der Waals surface area (Å²) >= 11 is 3.82. The van der Waals surface area contributed by atoms with E-state index in [-0.39, 0.29) is 6.54 Å². The fourth-order valence-electron chi connectivity index (χ4n) is 2.08. The van der Waals surface area contributed by atoms with Crippen LogP contribution in [0.1, 0.15) is 17.2 Å². The normalized spacial score (nSPS) is 21.2. The molecule has 1 aromatic carbocycles. The molecule has 1 saturated heterocycles. The average Bonchev–Trinajstić information content (AvgIpc) is 2.47. The van der Waals surface area contributed by atoms with Gasteiger partial charge in [0.25, 0.3) is 0 Å². The minimum atomic E-state index is -4.38. The molecule has 0 radical (unpaired) electrons. The van der Waals surface area contributed by atoms with E-state index in [1.54, 1.807) is 0 Å². The second-order valence-corrected chi connectivity index (χ2v) is 7.42. The van der Waals surface area contributed by atoms with Crippen LogP contribution in [-0.2, 0) is 6.18 Å². The van der Waals surface area contributed by atoms with Gasteiger partial charge in [-0.05, 0) is 17.7 Å². The maximum Gasteiger partial charge on any atom is 0.416 e. The van der Waals surface area contributed by atoms with Gasteiger partial charge in [0.05, 0.1) is 11.7 Å². The Morgan fingerprint density at radius 2 is 2.14 bits per heavy atom. The molecule has 1 aromatic rings. The first-order valence-electron chi connectivity index (χ1n) is 6.72. The molecule has 2 N–H and O–H groups in total. The lowest BCUT2D eigenvalue weighted by molar-refractivity contribution is -0.137. The highest BCUT2D eigenvalue weighted by atomic mass is 32.2. The Balaban J connectivity index is 1.83. The minimum Gasteiger partial charge on any atom is -0.387 e. The van der Waals surface area contributed by atoms with Crippen molar-refractivity contribution >= 4 is 23.5 Å². The summed E-state index contributed by atoms with van der Waals surface area (Å²) in [5.74, 6) is 3.39. The molecule has 1 heterocycles. The first-order valence-corrected chi connectivity index (χ1v) is 8.92. The Kier molecular flexibility index (Phi) is 6.28. The number of alkyl halides is 3. The summed E-state index contributed by atoms with van der Waals surface area (Å²) in [6.07, 6.45) is -5.30. The minimum absolute atomic E-state index is 0.267. The van der Waals surface area contributed by atoms with Gasteiger partial charge >= 0.3 is 6.18 Å². The van der Waals surface area contributed by atoms with Crippen molar-refractivity contribution in [2.45, 2.75) is 17.5 Å². The van der Waals surface area contributed by atoms with Gasteiger partial charge in [-0.2, -0.15) is 36.7 Å². The lowest BCUT2D eigenvalue weighted by Crippen LogP contribution is -2.31. The van der Waals surface area contributed by atoms with Crippen LogP contribution < -0.4 is 5.32 Å². The van der Waals surface area contributed by atoms with Crippen LogP contribution >= 0.6 is 23.5 Å². The Bertz CT molecular complexity index is 450. The summed E-state index contributed by atoms with van der Waals surface area (Å²) in [7, 11) is 0. The summed E-state index contributed by atoms with van der Waals surface area (Å²) in [5.41, 5.74) is -0.429. The number of nitrogens with one attached hydrogen (secondary N) is 1.